The number of hydrogen-bond acceptors (Lipinski definition) is 5. The summed E-state index contributed by atoms with van der Waals surface area (Å²) in [5, 5.41) is 12.4. The fraction of sp³-hybridized carbons (Fsp3) is 0.294. The lowest BCUT2D eigenvalue weighted by Gasteiger charge is -2.27. The van der Waals surface area contributed by atoms with Gasteiger partial charge in [-0.25, -0.2) is 4.98 Å². The quantitative estimate of drug-likeness (QED) is 0.933. The molecular weight excluding hydrogens is 312 g/mol. The van der Waals surface area contributed by atoms with E-state index in [4.69, 9.17) is 10.00 Å². The number of nitrogens with one attached hydrogen (secondary N) is 1. The Bertz CT molecular complexity index is 680. The second kappa shape index (κ2) is 8.49. The minimum absolute atomic E-state index is 0. The summed E-state index contributed by atoms with van der Waals surface area (Å²) in [6.45, 7) is 5.10. The van der Waals surface area contributed by atoms with Gasteiger partial charge >= 0.3 is 0 Å². The summed E-state index contributed by atoms with van der Waals surface area (Å²) in [6.07, 6.45) is 1.63. The number of nitrogens with zero attached hydrogens (tertiary/aromatic N) is 3. The van der Waals surface area contributed by atoms with Crippen LogP contribution < -0.4 is 10.1 Å². The van der Waals surface area contributed by atoms with E-state index in [-0.39, 0.29) is 12.4 Å². The first-order chi connectivity index (χ1) is 10.8. The molecule has 23 heavy (non-hydrogen) atoms. The van der Waals surface area contributed by atoms with Crippen molar-refractivity contribution in [2.75, 3.05) is 26.2 Å². The fourth-order valence-electron chi connectivity index (χ4n) is 2.50. The molecule has 2 aromatic rings. The standard InChI is InChI=1S/C17H18N4O.ClH/c18-12-15-4-2-6-20-17(15)22-16-5-1-3-14(11-16)13-21-9-7-19-8-10-21;/h1-6,11,19H,7-10,13H2;1H. The van der Waals surface area contributed by atoms with Gasteiger partial charge in [0, 0.05) is 38.9 Å². The third kappa shape index (κ3) is 4.67. The molecule has 6 heteroatoms. The first-order valence-electron chi connectivity index (χ1n) is 7.40. The zero-order chi connectivity index (χ0) is 15.2. The van der Waals surface area contributed by atoms with Crippen molar-refractivity contribution in [1.82, 2.24) is 15.2 Å². The molecule has 2 heterocycles. The van der Waals surface area contributed by atoms with Gasteiger partial charge < -0.3 is 10.1 Å². The lowest BCUT2D eigenvalue weighted by atomic mass is 10.2. The van der Waals surface area contributed by atoms with Crippen LogP contribution in [-0.4, -0.2) is 36.1 Å². The summed E-state index contributed by atoms with van der Waals surface area (Å²) in [7, 11) is 0. The molecule has 1 aliphatic heterocycles. The van der Waals surface area contributed by atoms with Crippen LogP contribution in [0.5, 0.6) is 11.6 Å². The summed E-state index contributed by atoms with van der Waals surface area (Å²) in [5.74, 6) is 1.06. The van der Waals surface area contributed by atoms with E-state index >= 15 is 0 Å². The Morgan fingerprint density at radius 1 is 1.22 bits per heavy atom. The number of halogens is 1. The van der Waals surface area contributed by atoms with Gasteiger partial charge in [-0.05, 0) is 29.8 Å². The van der Waals surface area contributed by atoms with E-state index in [0.29, 0.717) is 17.2 Å². The van der Waals surface area contributed by atoms with Crippen LogP contribution in [0.1, 0.15) is 11.1 Å². The summed E-state index contributed by atoms with van der Waals surface area (Å²) < 4.78 is 5.77. The van der Waals surface area contributed by atoms with E-state index in [2.05, 4.69) is 27.3 Å². The zero-order valence-electron chi connectivity index (χ0n) is 12.7. The van der Waals surface area contributed by atoms with Gasteiger partial charge in [0.1, 0.15) is 17.4 Å². The number of nitriles is 1. The topological polar surface area (TPSA) is 61.2 Å². The molecule has 3 rings (SSSR count). The molecule has 1 aliphatic rings. The number of pyridine rings is 1. The summed E-state index contributed by atoms with van der Waals surface area (Å²) in [5.41, 5.74) is 1.64. The van der Waals surface area contributed by atoms with Crippen LogP contribution in [0, 0.1) is 11.3 Å². The number of rotatable bonds is 4. The van der Waals surface area contributed by atoms with Gasteiger partial charge in [-0.15, -0.1) is 12.4 Å². The first kappa shape index (κ1) is 17.2. The van der Waals surface area contributed by atoms with Crippen LogP contribution in [0.15, 0.2) is 42.6 Å². The van der Waals surface area contributed by atoms with E-state index in [1.807, 2.05) is 18.2 Å². The number of piperazine rings is 1. The van der Waals surface area contributed by atoms with Gasteiger partial charge in [0.05, 0.1) is 0 Å². The first-order valence-corrected chi connectivity index (χ1v) is 7.40. The van der Waals surface area contributed by atoms with Gasteiger partial charge in [0.2, 0.25) is 5.88 Å². The highest BCUT2D eigenvalue weighted by molar-refractivity contribution is 5.85. The van der Waals surface area contributed by atoms with E-state index in [1.165, 1.54) is 5.56 Å². The van der Waals surface area contributed by atoms with Crippen LogP contribution in [0.3, 0.4) is 0 Å². The van der Waals surface area contributed by atoms with Crippen molar-refractivity contribution in [3.63, 3.8) is 0 Å². The third-order valence-electron chi connectivity index (χ3n) is 3.62. The number of hydrogen-bond donors (Lipinski definition) is 1. The van der Waals surface area contributed by atoms with Crippen molar-refractivity contribution < 1.29 is 4.74 Å². The highest BCUT2D eigenvalue weighted by Crippen LogP contribution is 2.23. The minimum atomic E-state index is 0. The second-order valence-corrected chi connectivity index (χ2v) is 5.24. The maximum atomic E-state index is 9.08. The smallest absolute Gasteiger partial charge is 0.237 e. The monoisotopic (exact) mass is 330 g/mol. The number of aromatic nitrogens is 1. The second-order valence-electron chi connectivity index (χ2n) is 5.24. The maximum absolute atomic E-state index is 9.08. The molecule has 5 nitrogen and oxygen atoms in total. The normalized spacial score (nSPS) is 14.6. The molecule has 120 valence electrons. The zero-order valence-corrected chi connectivity index (χ0v) is 13.6. The Labute approximate surface area is 142 Å². The average Bonchev–Trinajstić information content (AvgIpc) is 2.57. The van der Waals surface area contributed by atoms with Crippen molar-refractivity contribution in [2.45, 2.75) is 6.54 Å². The van der Waals surface area contributed by atoms with Crippen LogP contribution in [-0.2, 0) is 6.54 Å². The van der Waals surface area contributed by atoms with E-state index in [0.717, 1.165) is 32.7 Å². The van der Waals surface area contributed by atoms with Crippen LogP contribution in [0.4, 0.5) is 0 Å². The lowest BCUT2D eigenvalue weighted by molar-refractivity contribution is 0.233. The van der Waals surface area contributed by atoms with Crippen molar-refractivity contribution in [2.24, 2.45) is 0 Å². The molecule has 1 saturated heterocycles. The van der Waals surface area contributed by atoms with Crippen LogP contribution in [0.2, 0.25) is 0 Å². The summed E-state index contributed by atoms with van der Waals surface area (Å²) >= 11 is 0. The predicted molar refractivity (Wildman–Crippen MR) is 90.9 cm³/mol. The SMILES string of the molecule is Cl.N#Cc1cccnc1Oc1cccc(CN2CCNCC2)c1. The molecule has 0 aliphatic carbocycles. The van der Waals surface area contributed by atoms with Crippen LogP contribution in [0.25, 0.3) is 0 Å². The van der Waals surface area contributed by atoms with E-state index in [9.17, 15) is 0 Å². The van der Waals surface area contributed by atoms with Gasteiger partial charge in [-0.1, -0.05) is 12.1 Å². The Morgan fingerprint density at radius 2 is 2.04 bits per heavy atom. The molecule has 1 N–H and O–H groups in total. The molecule has 0 bridgehead atoms. The number of benzene rings is 1. The molecule has 0 radical (unpaired) electrons. The van der Waals surface area contributed by atoms with Crippen molar-refractivity contribution in [3.8, 4) is 17.7 Å². The molecule has 0 amide bonds. The largest absolute Gasteiger partial charge is 0.438 e. The predicted octanol–water partition coefficient (Wildman–Crippen LogP) is 2.57. The molecular formula is C17H19ClN4O. The van der Waals surface area contributed by atoms with Gasteiger partial charge in [-0.3, -0.25) is 4.90 Å². The highest BCUT2D eigenvalue weighted by Gasteiger charge is 2.11. The van der Waals surface area contributed by atoms with Gasteiger partial charge in [0.25, 0.3) is 0 Å². The Morgan fingerprint density at radius 3 is 2.83 bits per heavy atom. The van der Waals surface area contributed by atoms with Gasteiger partial charge in [-0.2, -0.15) is 5.26 Å². The third-order valence-corrected chi connectivity index (χ3v) is 3.62. The molecule has 0 saturated carbocycles. The average molecular weight is 331 g/mol. The highest BCUT2D eigenvalue weighted by atomic mass is 35.5. The van der Waals surface area contributed by atoms with Crippen molar-refractivity contribution in [3.05, 3.63) is 53.7 Å². The summed E-state index contributed by atoms with van der Waals surface area (Å²) in [6, 6.07) is 13.5. The summed E-state index contributed by atoms with van der Waals surface area (Å²) in [4.78, 5) is 6.54. The Kier molecular flexibility index (Phi) is 6.36. The molecule has 1 aromatic heterocycles. The van der Waals surface area contributed by atoms with E-state index in [1.54, 1.807) is 18.3 Å². The molecule has 0 atom stereocenters. The molecule has 0 unspecified atom stereocenters. The molecule has 0 spiro atoms. The fourth-order valence-corrected chi connectivity index (χ4v) is 2.50. The number of ether oxygens (including phenoxy) is 1. The molecule has 1 fully saturated rings. The van der Waals surface area contributed by atoms with Crippen molar-refractivity contribution >= 4 is 12.4 Å². The van der Waals surface area contributed by atoms with Crippen LogP contribution >= 0.6 is 12.4 Å². The Hall–Kier alpha value is -2.13. The van der Waals surface area contributed by atoms with Gasteiger partial charge in [0.15, 0.2) is 0 Å². The van der Waals surface area contributed by atoms with E-state index < -0.39 is 0 Å². The molecule has 1 aromatic carbocycles. The van der Waals surface area contributed by atoms with Crippen molar-refractivity contribution in [1.29, 1.82) is 5.26 Å². The Balaban J connectivity index is 0.00000192. The lowest BCUT2D eigenvalue weighted by Crippen LogP contribution is -2.42. The maximum Gasteiger partial charge on any atom is 0.237 e. The minimum Gasteiger partial charge on any atom is -0.438 e.